The van der Waals surface area contributed by atoms with Crippen molar-refractivity contribution >= 4 is 27.3 Å². The summed E-state index contributed by atoms with van der Waals surface area (Å²) in [7, 11) is 0.0526. The number of nitrogens with one attached hydrogen (secondary N) is 1. The molecule has 130 valence electrons. The maximum atomic E-state index is 13.9. The van der Waals surface area contributed by atoms with Crippen molar-refractivity contribution in [1.29, 1.82) is 0 Å². The van der Waals surface area contributed by atoms with E-state index in [9.17, 15) is 12.8 Å². The van der Waals surface area contributed by atoms with Crippen molar-refractivity contribution in [3.05, 3.63) is 41.2 Å². The first kappa shape index (κ1) is 18.2. The highest BCUT2D eigenvalue weighted by Crippen LogP contribution is 2.40. The third kappa shape index (κ3) is 3.65. The lowest BCUT2D eigenvalue weighted by Gasteiger charge is -2.15. The smallest absolute Gasteiger partial charge is 0.264 e. The molecule has 0 saturated carbocycles. The molecule has 0 fully saturated rings. The zero-order chi connectivity index (χ0) is 17.9. The highest BCUT2D eigenvalue weighted by molar-refractivity contribution is 7.92. The molecule has 0 unspecified atom stereocenters. The molecule has 24 heavy (non-hydrogen) atoms. The van der Waals surface area contributed by atoms with E-state index in [1.807, 2.05) is 0 Å². The molecule has 2 rings (SSSR count). The van der Waals surface area contributed by atoms with Crippen LogP contribution in [0.15, 0.2) is 35.2 Å². The molecular formula is C15H15ClFNO5S. The Labute approximate surface area is 144 Å². The first-order valence-electron chi connectivity index (χ1n) is 6.60. The molecule has 0 aliphatic carbocycles. The van der Waals surface area contributed by atoms with Crippen LogP contribution >= 0.6 is 11.6 Å². The first-order chi connectivity index (χ1) is 11.3. The van der Waals surface area contributed by atoms with Crippen LogP contribution in [-0.2, 0) is 10.0 Å². The summed E-state index contributed by atoms with van der Waals surface area (Å²) in [6.45, 7) is 0. The molecule has 0 radical (unpaired) electrons. The Morgan fingerprint density at radius 3 is 2.04 bits per heavy atom. The third-order valence-corrected chi connectivity index (χ3v) is 4.75. The van der Waals surface area contributed by atoms with Crippen LogP contribution in [0.25, 0.3) is 0 Å². The fraction of sp³-hybridized carbons (Fsp3) is 0.200. The number of anilines is 1. The topological polar surface area (TPSA) is 73.9 Å². The van der Waals surface area contributed by atoms with E-state index in [-0.39, 0.29) is 22.2 Å². The molecule has 0 spiro atoms. The Morgan fingerprint density at radius 1 is 1.00 bits per heavy atom. The monoisotopic (exact) mass is 375 g/mol. The van der Waals surface area contributed by atoms with Gasteiger partial charge in [-0.05, 0) is 18.2 Å². The van der Waals surface area contributed by atoms with E-state index in [4.69, 9.17) is 25.8 Å². The van der Waals surface area contributed by atoms with Crippen LogP contribution in [0, 0.1) is 5.82 Å². The molecular weight excluding hydrogens is 361 g/mol. The van der Waals surface area contributed by atoms with Crippen LogP contribution in [0.5, 0.6) is 17.2 Å². The minimum absolute atomic E-state index is 0.0965. The van der Waals surface area contributed by atoms with Gasteiger partial charge in [-0.25, -0.2) is 12.8 Å². The molecule has 6 nitrogen and oxygen atoms in total. The predicted octanol–water partition coefficient (Wildman–Crippen LogP) is 3.31. The minimum Gasteiger partial charge on any atom is -0.493 e. The quantitative estimate of drug-likeness (QED) is 0.838. The Morgan fingerprint density at radius 2 is 1.58 bits per heavy atom. The predicted molar refractivity (Wildman–Crippen MR) is 88.3 cm³/mol. The largest absolute Gasteiger partial charge is 0.493 e. The fourth-order valence-corrected chi connectivity index (χ4v) is 3.30. The number of benzene rings is 2. The van der Waals surface area contributed by atoms with Crippen molar-refractivity contribution in [3.63, 3.8) is 0 Å². The molecule has 0 aromatic heterocycles. The van der Waals surface area contributed by atoms with Gasteiger partial charge in [-0.2, -0.15) is 0 Å². The van der Waals surface area contributed by atoms with Gasteiger partial charge < -0.3 is 14.2 Å². The Bertz CT molecular complexity index is 832. The summed E-state index contributed by atoms with van der Waals surface area (Å²) in [5, 5.41) is 0.0965. The molecule has 9 heteroatoms. The van der Waals surface area contributed by atoms with Gasteiger partial charge in [0.25, 0.3) is 10.0 Å². The maximum Gasteiger partial charge on any atom is 0.264 e. The second kappa shape index (κ2) is 7.14. The van der Waals surface area contributed by atoms with Crippen molar-refractivity contribution in [2.24, 2.45) is 0 Å². The van der Waals surface area contributed by atoms with Crippen molar-refractivity contribution in [3.8, 4) is 17.2 Å². The SMILES string of the molecule is COc1cc(NS(=O)(=O)c2ccc(Cl)cc2F)cc(OC)c1OC. The second-order valence-electron chi connectivity index (χ2n) is 4.59. The molecule has 0 heterocycles. The Kier molecular flexibility index (Phi) is 5.40. The lowest BCUT2D eigenvalue weighted by atomic mass is 10.2. The molecule has 2 aromatic carbocycles. The first-order valence-corrected chi connectivity index (χ1v) is 8.46. The van der Waals surface area contributed by atoms with Crippen LogP contribution < -0.4 is 18.9 Å². The van der Waals surface area contributed by atoms with Crippen molar-refractivity contribution < 1.29 is 27.0 Å². The second-order valence-corrected chi connectivity index (χ2v) is 6.68. The highest BCUT2D eigenvalue weighted by atomic mass is 35.5. The van der Waals surface area contributed by atoms with Crippen LogP contribution in [0.2, 0.25) is 5.02 Å². The summed E-state index contributed by atoms with van der Waals surface area (Å²) in [5.41, 5.74) is 0.124. The summed E-state index contributed by atoms with van der Waals surface area (Å²) in [6.07, 6.45) is 0. The van der Waals surface area contributed by atoms with Gasteiger partial charge in [0.15, 0.2) is 11.5 Å². The van der Waals surface area contributed by atoms with Crippen molar-refractivity contribution in [2.45, 2.75) is 4.90 Å². The summed E-state index contributed by atoms with van der Waals surface area (Å²) in [4.78, 5) is -0.527. The van der Waals surface area contributed by atoms with Gasteiger partial charge in [0.05, 0.1) is 27.0 Å². The molecule has 0 aliphatic heterocycles. The summed E-state index contributed by atoms with van der Waals surface area (Å²) in [6, 6.07) is 6.08. The van der Waals surface area contributed by atoms with Gasteiger partial charge in [0.2, 0.25) is 5.75 Å². The van der Waals surface area contributed by atoms with E-state index in [0.717, 1.165) is 12.1 Å². The summed E-state index contributed by atoms with van der Waals surface area (Å²) >= 11 is 5.64. The highest BCUT2D eigenvalue weighted by Gasteiger charge is 2.21. The van der Waals surface area contributed by atoms with E-state index in [1.54, 1.807) is 0 Å². The zero-order valence-electron chi connectivity index (χ0n) is 13.1. The number of hydrogen-bond donors (Lipinski definition) is 1. The lowest BCUT2D eigenvalue weighted by Crippen LogP contribution is -2.15. The number of sulfonamides is 1. The van der Waals surface area contributed by atoms with E-state index < -0.39 is 20.7 Å². The normalized spacial score (nSPS) is 11.0. The summed E-state index contributed by atoms with van der Waals surface area (Å²) in [5.74, 6) is -0.139. The Hall–Kier alpha value is -2.19. The van der Waals surface area contributed by atoms with Gasteiger partial charge in [0, 0.05) is 17.2 Å². The van der Waals surface area contributed by atoms with Gasteiger partial charge in [-0.1, -0.05) is 11.6 Å². The number of halogens is 2. The van der Waals surface area contributed by atoms with Crippen LogP contribution in [-0.4, -0.2) is 29.7 Å². The van der Waals surface area contributed by atoms with Gasteiger partial charge in [-0.3, -0.25) is 4.72 Å². The molecule has 0 saturated heterocycles. The standard InChI is InChI=1S/C15H15ClFNO5S/c1-21-12-7-10(8-13(22-2)15(12)23-3)18-24(19,20)14-5-4-9(16)6-11(14)17/h4-8,18H,1-3H3. The van der Waals surface area contributed by atoms with Crippen LogP contribution in [0.3, 0.4) is 0 Å². The van der Waals surface area contributed by atoms with E-state index in [1.165, 1.54) is 39.5 Å². The number of hydrogen-bond acceptors (Lipinski definition) is 5. The van der Waals surface area contributed by atoms with Crippen molar-refractivity contribution in [1.82, 2.24) is 0 Å². The molecule has 0 bridgehead atoms. The molecule has 0 aliphatic rings. The third-order valence-electron chi connectivity index (χ3n) is 3.10. The fourth-order valence-electron chi connectivity index (χ4n) is 2.04. The van der Waals surface area contributed by atoms with Gasteiger partial charge >= 0.3 is 0 Å². The molecule has 2 aromatic rings. The molecule has 1 N–H and O–H groups in total. The average Bonchev–Trinajstić information content (AvgIpc) is 2.52. The number of rotatable bonds is 6. The molecule has 0 atom stereocenters. The van der Waals surface area contributed by atoms with E-state index >= 15 is 0 Å². The number of methoxy groups -OCH3 is 3. The van der Waals surface area contributed by atoms with Gasteiger partial charge in [-0.15, -0.1) is 0 Å². The van der Waals surface area contributed by atoms with Crippen LogP contribution in [0.4, 0.5) is 10.1 Å². The average molecular weight is 376 g/mol. The van der Waals surface area contributed by atoms with E-state index in [2.05, 4.69) is 4.72 Å². The maximum absolute atomic E-state index is 13.9. The van der Waals surface area contributed by atoms with Crippen molar-refractivity contribution in [2.75, 3.05) is 26.1 Å². The Balaban J connectivity index is 2.46. The number of ether oxygens (including phenoxy) is 3. The lowest BCUT2D eigenvalue weighted by molar-refractivity contribution is 0.325. The van der Waals surface area contributed by atoms with Gasteiger partial charge in [0.1, 0.15) is 10.7 Å². The van der Waals surface area contributed by atoms with Crippen LogP contribution in [0.1, 0.15) is 0 Å². The molecule has 0 amide bonds. The minimum atomic E-state index is -4.17. The zero-order valence-corrected chi connectivity index (χ0v) is 14.7. The summed E-state index contributed by atoms with van der Waals surface area (Å²) < 4.78 is 56.4. The van der Waals surface area contributed by atoms with E-state index in [0.29, 0.717) is 5.75 Å².